The number of fused-ring (bicyclic) bond motifs is 1. The summed E-state index contributed by atoms with van der Waals surface area (Å²) in [4.78, 5) is 13.9. The molecule has 1 aromatic carbocycles. The number of ether oxygens (including phenoxy) is 2. The minimum absolute atomic E-state index is 0.117. The summed E-state index contributed by atoms with van der Waals surface area (Å²) in [6.07, 6.45) is -2.92. The first-order valence-corrected chi connectivity index (χ1v) is 9.40. The minimum Gasteiger partial charge on any atom is -0.490 e. The van der Waals surface area contributed by atoms with Crippen molar-refractivity contribution < 1.29 is 27.4 Å². The van der Waals surface area contributed by atoms with Crippen LogP contribution in [0.3, 0.4) is 0 Å². The molecule has 0 aromatic heterocycles. The Morgan fingerprint density at radius 1 is 1.11 bits per heavy atom. The summed E-state index contributed by atoms with van der Waals surface area (Å²) < 4.78 is 49.6. The maximum absolute atomic E-state index is 12.8. The van der Waals surface area contributed by atoms with Crippen molar-refractivity contribution in [2.24, 2.45) is 5.92 Å². The Balaban J connectivity index is 1.60. The number of alkyl halides is 3. The summed E-state index contributed by atoms with van der Waals surface area (Å²) >= 11 is 0. The molecular weight excluding hydrogens is 359 g/mol. The predicted octanol–water partition coefficient (Wildman–Crippen LogP) is 5.48. The molecule has 2 aliphatic rings. The van der Waals surface area contributed by atoms with Crippen molar-refractivity contribution in [3.05, 3.63) is 23.8 Å². The van der Waals surface area contributed by atoms with Crippen molar-refractivity contribution in [3.8, 4) is 5.75 Å². The Labute approximate surface area is 157 Å². The average molecular weight is 385 g/mol. The molecule has 0 spiro atoms. The third-order valence-electron chi connectivity index (χ3n) is 5.00. The Bertz CT molecular complexity index is 689. The van der Waals surface area contributed by atoms with Gasteiger partial charge in [0.25, 0.3) is 0 Å². The maximum Gasteiger partial charge on any atom is 0.414 e. The van der Waals surface area contributed by atoms with E-state index in [1.165, 1.54) is 0 Å². The number of rotatable bonds is 2. The van der Waals surface area contributed by atoms with Crippen LogP contribution in [0.5, 0.6) is 5.75 Å². The highest BCUT2D eigenvalue weighted by Crippen LogP contribution is 2.39. The molecule has 3 rings (SSSR count). The van der Waals surface area contributed by atoms with E-state index in [2.05, 4.69) is 0 Å². The molecule has 150 valence electrons. The second-order valence-corrected chi connectivity index (χ2v) is 8.31. The lowest BCUT2D eigenvalue weighted by molar-refractivity contribution is -0.185. The van der Waals surface area contributed by atoms with Crippen LogP contribution in [-0.2, 0) is 11.2 Å². The van der Waals surface area contributed by atoms with E-state index in [-0.39, 0.29) is 25.0 Å². The Morgan fingerprint density at radius 2 is 1.78 bits per heavy atom. The molecule has 0 N–H and O–H groups in total. The molecule has 0 unspecified atom stereocenters. The Kier molecular flexibility index (Phi) is 5.32. The fraction of sp³-hybridized carbons (Fsp3) is 0.650. The second kappa shape index (κ2) is 7.24. The summed E-state index contributed by atoms with van der Waals surface area (Å²) in [7, 11) is 0. The second-order valence-electron chi connectivity index (χ2n) is 8.31. The van der Waals surface area contributed by atoms with Gasteiger partial charge in [-0.05, 0) is 76.6 Å². The van der Waals surface area contributed by atoms with Gasteiger partial charge in [-0.15, -0.1) is 0 Å². The maximum atomic E-state index is 12.8. The van der Waals surface area contributed by atoms with E-state index in [4.69, 9.17) is 9.47 Å². The van der Waals surface area contributed by atoms with Crippen LogP contribution in [0.1, 0.15) is 52.0 Å². The van der Waals surface area contributed by atoms with E-state index in [9.17, 15) is 18.0 Å². The van der Waals surface area contributed by atoms with Crippen molar-refractivity contribution >= 4 is 11.8 Å². The molecular formula is C20H26F3NO3. The van der Waals surface area contributed by atoms with E-state index in [1.807, 2.05) is 32.9 Å². The fourth-order valence-electron chi connectivity index (χ4n) is 3.66. The first-order valence-electron chi connectivity index (χ1n) is 9.40. The molecule has 1 aliphatic heterocycles. The molecule has 1 saturated carbocycles. The lowest BCUT2D eigenvalue weighted by Gasteiger charge is -2.30. The van der Waals surface area contributed by atoms with Crippen LogP contribution in [0.25, 0.3) is 0 Å². The number of hydrogen-bond acceptors (Lipinski definition) is 3. The zero-order chi connectivity index (χ0) is 19.8. The van der Waals surface area contributed by atoms with Gasteiger partial charge >= 0.3 is 12.3 Å². The molecule has 27 heavy (non-hydrogen) atoms. The SMILES string of the molecule is CC(C)(C)OC(=O)N1CCc2cc(OC3CCC(C(F)(F)F)CC3)ccc21. The van der Waals surface area contributed by atoms with Crippen LogP contribution in [0.2, 0.25) is 0 Å². The van der Waals surface area contributed by atoms with Crippen molar-refractivity contribution in [1.82, 2.24) is 0 Å². The standard InChI is InChI=1S/C20H26F3NO3/c1-19(2,3)27-18(25)24-11-10-13-12-16(8-9-17(13)24)26-15-6-4-14(5-7-15)20(21,22)23/h8-9,12,14-15H,4-7,10-11H2,1-3H3. The van der Waals surface area contributed by atoms with Crippen molar-refractivity contribution in [1.29, 1.82) is 0 Å². The lowest BCUT2D eigenvalue weighted by atomic mass is 9.87. The van der Waals surface area contributed by atoms with Gasteiger partial charge in [-0.25, -0.2) is 4.79 Å². The van der Waals surface area contributed by atoms with Gasteiger partial charge in [0.05, 0.1) is 17.7 Å². The molecule has 1 aromatic rings. The van der Waals surface area contributed by atoms with Gasteiger partial charge in [-0.2, -0.15) is 13.2 Å². The number of benzene rings is 1. The molecule has 0 bridgehead atoms. The Hall–Kier alpha value is -1.92. The van der Waals surface area contributed by atoms with Crippen LogP contribution < -0.4 is 9.64 Å². The summed E-state index contributed by atoms with van der Waals surface area (Å²) in [6, 6.07) is 5.48. The molecule has 1 aliphatic carbocycles. The monoisotopic (exact) mass is 385 g/mol. The van der Waals surface area contributed by atoms with Gasteiger partial charge in [0.15, 0.2) is 0 Å². The first kappa shape index (κ1) is 19.8. The normalized spacial score (nSPS) is 23.1. The predicted molar refractivity (Wildman–Crippen MR) is 96.2 cm³/mol. The largest absolute Gasteiger partial charge is 0.490 e. The van der Waals surface area contributed by atoms with E-state index in [0.717, 1.165) is 11.3 Å². The number of carbonyl (C=O) groups is 1. The molecule has 1 heterocycles. The zero-order valence-electron chi connectivity index (χ0n) is 15.9. The smallest absolute Gasteiger partial charge is 0.414 e. The van der Waals surface area contributed by atoms with E-state index in [0.29, 0.717) is 31.6 Å². The molecule has 7 heteroatoms. The molecule has 4 nitrogen and oxygen atoms in total. The molecule has 0 saturated heterocycles. The van der Waals surface area contributed by atoms with Gasteiger partial charge in [0.1, 0.15) is 11.4 Å². The number of anilines is 1. The zero-order valence-corrected chi connectivity index (χ0v) is 15.9. The summed E-state index contributed by atoms with van der Waals surface area (Å²) in [5.41, 5.74) is 1.23. The van der Waals surface area contributed by atoms with Crippen molar-refractivity contribution in [2.75, 3.05) is 11.4 Å². The van der Waals surface area contributed by atoms with E-state index < -0.39 is 17.7 Å². The number of halogens is 3. The molecule has 1 fully saturated rings. The summed E-state index contributed by atoms with van der Waals surface area (Å²) in [5, 5.41) is 0. The van der Waals surface area contributed by atoms with Crippen LogP contribution in [-0.4, -0.2) is 30.5 Å². The van der Waals surface area contributed by atoms with Crippen LogP contribution in [0.4, 0.5) is 23.7 Å². The van der Waals surface area contributed by atoms with E-state index in [1.54, 1.807) is 11.0 Å². The third-order valence-corrected chi connectivity index (χ3v) is 5.00. The number of nitrogens with zero attached hydrogens (tertiary/aromatic N) is 1. The van der Waals surface area contributed by atoms with Crippen LogP contribution in [0, 0.1) is 5.92 Å². The first-order chi connectivity index (χ1) is 12.5. The highest BCUT2D eigenvalue weighted by atomic mass is 19.4. The van der Waals surface area contributed by atoms with Crippen molar-refractivity contribution in [2.45, 2.75) is 70.8 Å². The summed E-state index contributed by atoms with van der Waals surface area (Å²) in [5.74, 6) is -0.560. The number of amides is 1. The van der Waals surface area contributed by atoms with Gasteiger partial charge in [0.2, 0.25) is 0 Å². The fourth-order valence-corrected chi connectivity index (χ4v) is 3.66. The molecule has 1 amide bonds. The van der Waals surface area contributed by atoms with Gasteiger partial charge < -0.3 is 9.47 Å². The van der Waals surface area contributed by atoms with Crippen LogP contribution >= 0.6 is 0 Å². The number of carbonyl (C=O) groups excluding carboxylic acids is 1. The summed E-state index contributed by atoms with van der Waals surface area (Å²) in [6.45, 7) is 6.02. The Morgan fingerprint density at radius 3 is 2.37 bits per heavy atom. The van der Waals surface area contributed by atoms with Gasteiger partial charge in [-0.3, -0.25) is 4.90 Å². The minimum atomic E-state index is -4.11. The lowest BCUT2D eigenvalue weighted by Crippen LogP contribution is -2.35. The highest BCUT2D eigenvalue weighted by Gasteiger charge is 2.41. The van der Waals surface area contributed by atoms with Gasteiger partial charge in [-0.1, -0.05) is 0 Å². The number of hydrogen-bond donors (Lipinski definition) is 0. The molecule has 0 radical (unpaired) electrons. The topological polar surface area (TPSA) is 38.8 Å². The van der Waals surface area contributed by atoms with Crippen LogP contribution in [0.15, 0.2) is 18.2 Å². The van der Waals surface area contributed by atoms with E-state index >= 15 is 0 Å². The highest BCUT2D eigenvalue weighted by molar-refractivity contribution is 5.90. The molecule has 0 atom stereocenters. The quantitative estimate of drug-likeness (QED) is 0.676. The average Bonchev–Trinajstić information content (AvgIpc) is 2.96. The van der Waals surface area contributed by atoms with Gasteiger partial charge in [0, 0.05) is 6.54 Å². The van der Waals surface area contributed by atoms with Crippen molar-refractivity contribution in [3.63, 3.8) is 0 Å². The third kappa shape index (κ3) is 4.87.